The molecule has 0 aliphatic heterocycles. The molecule has 3 nitrogen and oxygen atoms in total. The average molecular weight is 254 g/mol. The third kappa shape index (κ3) is 2.49. The molecule has 0 atom stereocenters. The fraction of sp³-hybridized carbons (Fsp3) is 0.500. The summed E-state index contributed by atoms with van der Waals surface area (Å²) in [5, 5.41) is 8.71. The fourth-order valence-corrected chi connectivity index (χ4v) is 2.88. The van der Waals surface area contributed by atoms with Crippen molar-refractivity contribution in [1.82, 2.24) is 4.90 Å². The van der Waals surface area contributed by atoms with Crippen LogP contribution in [0, 0.1) is 11.3 Å². The Morgan fingerprint density at radius 2 is 2.11 bits per heavy atom. The zero-order chi connectivity index (χ0) is 13.2. The van der Waals surface area contributed by atoms with E-state index < -0.39 is 0 Å². The van der Waals surface area contributed by atoms with Crippen molar-refractivity contribution in [2.24, 2.45) is 0 Å². The van der Waals surface area contributed by atoms with Gasteiger partial charge in [0, 0.05) is 18.2 Å². The Bertz CT molecular complexity index is 540. The first-order chi connectivity index (χ1) is 9.29. The third-order valence-corrected chi connectivity index (χ3v) is 4.06. The first-order valence-electron chi connectivity index (χ1n) is 7.09. The van der Waals surface area contributed by atoms with E-state index in [4.69, 9.17) is 5.26 Å². The molecule has 2 aliphatic rings. The molecule has 0 radical (unpaired) electrons. The highest BCUT2D eigenvalue weighted by Crippen LogP contribution is 2.29. The van der Waals surface area contributed by atoms with Gasteiger partial charge in [0.15, 0.2) is 0 Å². The Balaban J connectivity index is 1.79. The predicted octanol–water partition coefficient (Wildman–Crippen LogP) is 2.69. The van der Waals surface area contributed by atoms with Gasteiger partial charge in [-0.15, -0.1) is 0 Å². The molecule has 0 spiro atoms. The maximum absolute atomic E-state index is 12.5. The van der Waals surface area contributed by atoms with Crippen LogP contribution in [-0.2, 0) is 12.8 Å². The summed E-state index contributed by atoms with van der Waals surface area (Å²) in [7, 11) is 0. The van der Waals surface area contributed by atoms with E-state index in [9.17, 15) is 4.79 Å². The van der Waals surface area contributed by atoms with Crippen LogP contribution in [0.25, 0.3) is 0 Å². The second kappa shape index (κ2) is 5.05. The zero-order valence-electron chi connectivity index (χ0n) is 11.1. The molecule has 0 heterocycles. The van der Waals surface area contributed by atoms with E-state index in [0.29, 0.717) is 19.0 Å². The van der Waals surface area contributed by atoms with Gasteiger partial charge in [-0.25, -0.2) is 0 Å². The number of carbonyl (C=O) groups is 1. The molecule has 2 aliphatic carbocycles. The zero-order valence-corrected chi connectivity index (χ0v) is 11.1. The van der Waals surface area contributed by atoms with Gasteiger partial charge in [-0.2, -0.15) is 5.26 Å². The Labute approximate surface area is 113 Å². The van der Waals surface area contributed by atoms with Crippen molar-refractivity contribution < 1.29 is 4.79 Å². The van der Waals surface area contributed by atoms with Crippen LogP contribution in [-0.4, -0.2) is 23.4 Å². The van der Waals surface area contributed by atoms with Crippen molar-refractivity contribution >= 4 is 5.91 Å². The number of hydrogen-bond acceptors (Lipinski definition) is 2. The third-order valence-electron chi connectivity index (χ3n) is 4.06. The largest absolute Gasteiger partial charge is 0.335 e. The van der Waals surface area contributed by atoms with Gasteiger partial charge in [0.2, 0.25) is 0 Å². The summed E-state index contributed by atoms with van der Waals surface area (Å²) in [4.78, 5) is 14.4. The minimum absolute atomic E-state index is 0.104. The molecule has 0 bridgehead atoms. The normalized spacial score (nSPS) is 16.8. The Kier molecular flexibility index (Phi) is 3.25. The number of nitrogens with zero attached hydrogens (tertiary/aromatic N) is 2. The molecule has 1 aromatic carbocycles. The lowest BCUT2D eigenvalue weighted by atomic mass is 10.1. The monoisotopic (exact) mass is 254 g/mol. The van der Waals surface area contributed by atoms with Crippen LogP contribution in [0.2, 0.25) is 0 Å². The van der Waals surface area contributed by atoms with Gasteiger partial charge in [-0.1, -0.05) is 6.07 Å². The predicted molar refractivity (Wildman–Crippen MR) is 72.8 cm³/mol. The summed E-state index contributed by atoms with van der Waals surface area (Å²) in [6.07, 6.45) is 6.04. The Morgan fingerprint density at radius 3 is 2.84 bits per heavy atom. The number of fused-ring (bicyclic) bond motifs is 1. The molecule has 1 fully saturated rings. The molecule has 1 aromatic rings. The molecule has 19 heavy (non-hydrogen) atoms. The van der Waals surface area contributed by atoms with Crippen LogP contribution in [0.15, 0.2) is 18.2 Å². The lowest BCUT2D eigenvalue weighted by molar-refractivity contribution is 0.0746. The number of amides is 1. The molecule has 1 saturated carbocycles. The van der Waals surface area contributed by atoms with Gasteiger partial charge < -0.3 is 4.90 Å². The quantitative estimate of drug-likeness (QED) is 0.829. The smallest absolute Gasteiger partial charge is 0.254 e. The minimum Gasteiger partial charge on any atom is -0.335 e. The van der Waals surface area contributed by atoms with Crippen LogP contribution >= 0.6 is 0 Å². The lowest BCUT2D eigenvalue weighted by Gasteiger charge is -2.21. The molecule has 3 heteroatoms. The summed E-state index contributed by atoms with van der Waals surface area (Å²) < 4.78 is 0. The van der Waals surface area contributed by atoms with Gasteiger partial charge in [0.05, 0.1) is 12.5 Å². The van der Waals surface area contributed by atoms with Crippen molar-refractivity contribution in [2.75, 3.05) is 6.54 Å². The lowest BCUT2D eigenvalue weighted by Crippen LogP contribution is -2.34. The average Bonchev–Trinajstić information content (AvgIpc) is 3.15. The first-order valence-corrected chi connectivity index (χ1v) is 7.09. The van der Waals surface area contributed by atoms with Crippen molar-refractivity contribution in [1.29, 1.82) is 5.26 Å². The Morgan fingerprint density at radius 1 is 1.32 bits per heavy atom. The number of nitriles is 1. The van der Waals surface area contributed by atoms with Gasteiger partial charge >= 0.3 is 0 Å². The summed E-state index contributed by atoms with van der Waals surface area (Å²) in [6.45, 7) is 0.567. The second-order valence-electron chi connectivity index (χ2n) is 5.47. The first kappa shape index (κ1) is 12.2. The molecule has 0 aromatic heterocycles. The van der Waals surface area contributed by atoms with Gasteiger partial charge in [-0.3, -0.25) is 4.79 Å². The standard InChI is InChI=1S/C16H18N2O/c17-9-2-10-18(15-7-8-15)16(19)14-6-5-12-3-1-4-13(12)11-14/h5-6,11,15H,1-4,7-8,10H2. The van der Waals surface area contributed by atoms with Gasteiger partial charge in [0.25, 0.3) is 5.91 Å². The summed E-state index contributed by atoms with van der Waals surface area (Å²) in [5.74, 6) is 0.104. The molecule has 98 valence electrons. The number of carbonyl (C=O) groups excluding carboxylic acids is 1. The summed E-state index contributed by atoms with van der Waals surface area (Å²) in [5.41, 5.74) is 3.53. The van der Waals surface area contributed by atoms with Crippen molar-refractivity contribution in [3.8, 4) is 6.07 Å². The topological polar surface area (TPSA) is 44.1 Å². The van der Waals surface area contributed by atoms with Gasteiger partial charge in [-0.05, 0) is 55.4 Å². The molecule has 0 N–H and O–H groups in total. The summed E-state index contributed by atoms with van der Waals surface area (Å²) >= 11 is 0. The molecule has 3 rings (SSSR count). The molecule has 0 unspecified atom stereocenters. The highest BCUT2D eigenvalue weighted by Gasteiger charge is 2.32. The number of rotatable bonds is 4. The van der Waals surface area contributed by atoms with Crippen LogP contribution < -0.4 is 0 Å². The molecular formula is C16H18N2O. The van der Waals surface area contributed by atoms with Crippen LogP contribution in [0.4, 0.5) is 0 Å². The number of aryl methyl sites for hydroxylation is 2. The molecule has 1 amide bonds. The van der Waals surface area contributed by atoms with E-state index in [0.717, 1.165) is 31.2 Å². The Hall–Kier alpha value is -1.82. The van der Waals surface area contributed by atoms with E-state index in [1.807, 2.05) is 11.0 Å². The minimum atomic E-state index is 0.104. The fourth-order valence-electron chi connectivity index (χ4n) is 2.88. The SMILES string of the molecule is N#CCCN(C(=O)c1ccc2c(c1)CCC2)C1CC1. The maximum Gasteiger partial charge on any atom is 0.254 e. The van der Waals surface area contributed by atoms with E-state index >= 15 is 0 Å². The second-order valence-corrected chi connectivity index (χ2v) is 5.47. The molecular weight excluding hydrogens is 236 g/mol. The molecule has 0 saturated heterocycles. The number of hydrogen-bond donors (Lipinski definition) is 0. The summed E-state index contributed by atoms with van der Waals surface area (Å²) in [6, 6.07) is 8.62. The van der Waals surface area contributed by atoms with E-state index in [1.54, 1.807) is 0 Å². The van der Waals surface area contributed by atoms with Gasteiger partial charge in [0.1, 0.15) is 0 Å². The van der Waals surface area contributed by atoms with Crippen molar-refractivity contribution in [3.63, 3.8) is 0 Å². The van der Waals surface area contributed by atoms with Crippen LogP contribution in [0.5, 0.6) is 0 Å². The van der Waals surface area contributed by atoms with Crippen molar-refractivity contribution in [2.45, 2.75) is 44.6 Å². The van der Waals surface area contributed by atoms with E-state index in [1.165, 1.54) is 17.5 Å². The highest BCUT2D eigenvalue weighted by molar-refractivity contribution is 5.95. The number of benzene rings is 1. The van der Waals surface area contributed by atoms with Crippen molar-refractivity contribution in [3.05, 3.63) is 34.9 Å². The van der Waals surface area contributed by atoms with E-state index in [-0.39, 0.29) is 5.91 Å². The van der Waals surface area contributed by atoms with Crippen LogP contribution in [0.3, 0.4) is 0 Å². The highest BCUT2D eigenvalue weighted by atomic mass is 16.2. The maximum atomic E-state index is 12.5. The van der Waals surface area contributed by atoms with Crippen LogP contribution in [0.1, 0.15) is 47.2 Å². The van der Waals surface area contributed by atoms with E-state index in [2.05, 4.69) is 18.2 Å².